The average molecular weight is 540 g/mol. The topological polar surface area (TPSA) is 81.5 Å². The number of nitrogens with zero attached hydrogens (tertiary/aromatic N) is 4. The summed E-state index contributed by atoms with van der Waals surface area (Å²) < 4.78 is 13.3. The van der Waals surface area contributed by atoms with Crippen LogP contribution in [0.3, 0.4) is 0 Å². The van der Waals surface area contributed by atoms with Crippen LogP contribution in [0.5, 0.6) is 5.75 Å². The van der Waals surface area contributed by atoms with E-state index in [1.165, 1.54) is 16.7 Å². The molecule has 0 spiro atoms. The lowest BCUT2D eigenvalue weighted by Crippen LogP contribution is -2.30. The second-order valence-corrected chi connectivity index (χ2v) is 11.3. The fourth-order valence-corrected chi connectivity index (χ4v) is 5.10. The predicted molar refractivity (Wildman–Crippen MR) is 158 cm³/mol. The van der Waals surface area contributed by atoms with Gasteiger partial charge in [0.05, 0.1) is 12.2 Å². The van der Waals surface area contributed by atoms with Crippen molar-refractivity contribution in [2.24, 2.45) is 0 Å². The number of aryl methyl sites for hydroxylation is 2. The maximum atomic E-state index is 12.4. The van der Waals surface area contributed by atoms with Gasteiger partial charge in [0, 0.05) is 30.5 Å². The molecule has 0 saturated carbocycles. The van der Waals surface area contributed by atoms with Crippen LogP contribution in [0.2, 0.25) is 0 Å². The molecule has 3 aromatic carbocycles. The molecular formula is C32H37N5O3. The van der Waals surface area contributed by atoms with E-state index in [1.807, 2.05) is 55.9 Å². The molecule has 1 aromatic heterocycles. The molecule has 1 amide bonds. The molecule has 1 aliphatic rings. The van der Waals surface area contributed by atoms with Gasteiger partial charge in [0.15, 0.2) is 0 Å². The Labute approximate surface area is 235 Å². The summed E-state index contributed by atoms with van der Waals surface area (Å²) >= 11 is 0. The number of aromatic nitrogens is 3. The maximum absolute atomic E-state index is 12.4. The molecule has 1 N–H and O–H groups in total. The molecule has 1 aliphatic heterocycles. The zero-order chi connectivity index (χ0) is 28.4. The lowest BCUT2D eigenvalue weighted by molar-refractivity contribution is 0.0636. The third-order valence-electron chi connectivity index (χ3n) is 6.82. The number of carbonyl (C=O) groups is 1. The molecule has 208 valence electrons. The molecule has 8 nitrogen and oxygen atoms in total. The molecule has 0 aliphatic carbocycles. The first-order valence-electron chi connectivity index (χ1n) is 13.7. The molecule has 40 heavy (non-hydrogen) atoms. The van der Waals surface area contributed by atoms with Crippen LogP contribution in [0.15, 0.2) is 66.9 Å². The van der Waals surface area contributed by atoms with Gasteiger partial charge in [0.25, 0.3) is 0 Å². The Morgan fingerprint density at radius 1 is 1.02 bits per heavy atom. The maximum Gasteiger partial charge on any atom is 0.412 e. The fraction of sp³-hybridized carbons (Fsp3) is 0.344. The highest BCUT2D eigenvalue weighted by Gasteiger charge is 2.30. The van der Waals surface area contributed by atoms with E-state index in [-0.39, 0.29) is 6.04 Å². The first-order valence-corrected chi connectivity index (χ1v) is 13.7. The lowest BCUT2D eigenvalue weighted by Gasteiger charge is -2.38. The summed E-state index contributed by atoms with van der Waals surface area (Å²) in [6.07, 6.45) is 2.47. The van der Waals surface area contributed by atoms with E-state index < -0.39 is 11.7 Å². The Morgan fingerprint density at radius 2 is 1.77 bits per heavy atom. The summed E-state index contributed by atoms with van der Waals surface area (Å²) in [6, 6.07) is 20.8. The standard InChI is InChI=1S/C32H37N5O3/c1-7-16-37-19-24(34-35-37)20-39-25-12-9-22(10-13-25)30-28-17-21(2)8-14-26(28)27-15-11-23(18-29(27)36(30)6)33-31(38)40-32(3,4)5/h8-15,17-19,30H,7,16,20H2,1-6H3,(H,33,38). The number of benzene rings is 3. The summed E-state index contributed by atoms with van der Waals surface area (Å²) in [5.41, 5.74) is 7.86. The second-order valence-electron chi connectivity index (χ2n) is 11.3. The van der Waals surface area contributed by atoms with Crippen molar-refractivity contribution in [2.75, 3.05) is 17.3 Å². The van der Waals surface area contributed by atoms with Crippen molar-refractivity contribution in [1.82, 2.24) is 15.0 Å². The van der Waals surface area contributed by atoms with E-state index in [0.29, 0.717) is 12.3 Å². The van der Waals surface area contributed by atoms with E-state index in [0.717, 1.165) is 41.2 Å². The van der Waals surface area contributed by atoms with Crippen molar-refractivity contribution in [3.63, 3.8) is 0 Å². The van der Waals surface area contributed by atoms with E-state index in [2.05, 4.69) is 77.8 Å². The highest BCUT2D eigenvalue weighted by Crippen LogP contribution is 2.47. The predicted octanol–water partition coefficient (Wildman–Crippen LogP) is 7.13. The number of fused-ring (bicyclic) bond motifs is 3. The first-order chi connectivity index (χ1) is 19.1. The Morgan fingerprint density at radius 3 is 2.50 bits per heavy atom. The van der Waals surface area contributed by atoms with E-state index in [4.69, 9.17) is 9.47 Å². The molecule has 0 fully saturated rings. The Kier molecular flexibility index (Phi) is 7.52. The molecular weight excluding hydrogens is 502 g/mol. The van der Waals surface area contributed by atoms with Crippen LogP contribution < -0.4 is 15.0 Å². The summed E-state index contributed by atoms with van der Waals surface area (Å²) in [4.78, 5) is 14.7. The number of hydrogen-bond acceptors (Lipinski definition) is 6. The molecule has 1 unspecified atom stereocenters. The minimum Gasteiger partial charge on any atom is -0.487 e. The normalized spacial score (nSPS) is 14.3. The van der Waals surface area contributed by atoms with Crippen LogP contribution in [-0.4, -0.2) is 33.7 Å². The Hall–Kier alpha value is -4.33. The summed E-state index contributed by atoms with van der Waals surface area (Å²) in [7, 11) is 2.09. The monoisotopic (exact) mass is 539 g/mol. The quantitative estimate of drug-likeness (QED) is 0.269. The van der Waals surface area contributed by atoms with Gasteiger partial charge < -0.3 is 14.4 Å². The van der Waals surface area contributed by atoms with Crippen molar-refractivity contribution < 1.29 is 14.3 Å². The number of nitrogens with one attached hydrogen (secondary N) is 1. The van der Waals surface area contributed by atoms with Gasteiger partial charge in [0.1, 0.15) is 23.7 Å². The van der Waals surface area contributed by atoms with Gasteiger partial charge in [-0.1, -0.05) is 54.1 Å². The van der Waals surface area contributed by atoms with E-state index in [1.54, 1.807) is 0 Å². The first kappa shape index (κ1) is 27.2. The zero-order valence-electron chi connectivity index (χ0n) is 24.1. The number of rotatable bonds is 7. The number of anilines is 2. The highest BCUT2D eigenvalue weighted by atomic mass is 16.6. The van der Waals surface area contributed by atoms with Crippen molar-refractivity contribution in [3.8, 4) is 16.9 Å². The van der Waals surface area contributed by atoms with Crippen LogP contribution in [0.4, 0.5) is 16.2 Å². The molecule has 0 saturated heterocycles. The molecule has 5 rings (SSSR count). The van der Waals surface area contributed by atoms with Crippen LogP contribution in [0, 0.1) is 6.92 Å². The molecule has 4 aromatic rings. The number of ether oxygens (including phenoxy) is 2. The van der Waals surface area contributed by atoms with Crippen LogP contribution >= 0.6 is 0 Å². The molecule has 0 bridgehead atoms. The van der Waals surface area contributed by atoms with Gasteiger partial charge >= 0.3 is 6.09 Å². The molecule has 1 atom stereocenters. The summed E-state index contributed by atoms with van der Waals surface area (Å²) in [5.74, 6) is 0.779. The smallest absolute Gasteiger partial charge is 0.412 e. The van der Waals surface area contributed by atoms with Gasteiger partial charge in [-0.05, 0) is 75.1 Å². The summed E-state index contributed by atoms with van der Waals surface area (Å²) in [5, 5.41) is 11.2. The van der Waals surface area contributed by atoms with Crippen LogP contribution in [0.25, 0.3) is 11.1 Å². The van der Waals surface area contributed by atoms with Gasteiger partial charge in [-0.2, -0.15) is 0 Å². The van der Waals surface area contributed by atoms with E-state index in [9.17, 15) is 4.79 Å². The van der Waals surface area contributed by atoms with Crippen molar-refractivity contribution in [3.05, 3.63) is 89.2 Å². The number of amides is 1. The fourth-order valence-electron chi connectivity index (χ4n) is 5.10. The molecule has 0 radical (unpaired) electrons. The minimum absolute atomic E-state index is 0.0119. The lowest BCUT2D eigenvalue weighted by atomic mass is 9.84. The second kappa shape index (κ2) is 11.0. The average Bonchev–Trinajstić information content (AvgIpc) is 3.35. The van der Waals surface area contributed by atoms with Crippen molar-refractivity contribution in [2.45, 2.75) is 65.8 Å². The Balaban J connectivity index is 1.40. The largest absolute Gasteiger partial charge is 0.487 e. The Bertz CT molecular complexity index is 1500. The van der Waals surface area contributed by atoms with Crippen LogP contribution in [0.1, 0.15) is 62.5 Å². The minimum atomic E-state index is -0.569. The number of hydrogen-bond donors (Lipinski definition) is 1. The SMILES string of the molecule is CCCn1cc(COc2ccc(C3c4cc(C)ccc4-c4ccc(NC(=O)OC(C)(C)C)cc4N3C)cc2)nn1. The van der Waals surface area contributed by atoms with E-state index >= 15 is 0 Å². The highest BCUT2D eigenvalue weighted by molar-refractivity contribution is 5.91. The zero-order valence-corrected chi connectivity index (χ0v) is 24.1. The van der Waals surface area contributed by atoms with Gasteiger partial charge in [-0.3, -0.25) is 10.00 Å². The third-order valence-corrected chi connectivity index (χ3v) is 6.82. The number of carbonyl (C=O) groups excluding carboxylic acids is 1. The van der Waals surface area contributed by atoms with Gasteiger partial charge in [-0.25, -0.2) is 4.79 Å². The van der Waals surface area contributed by atoms with Crippen molar-refractivity contribution in [1.29, 1.82) is 0 Å². The van der Waals surface area contributed by atoms with Gasteiger partial charge in [0.2, 0.25) is 0 Å². The van der Waals surface area contributed by atoms with Gasteiger partial charge in [-0.15, -0.1) is 5.10 Å². The molecule has 2 heterocycles. The summed E-state index contributed by atoms with van der Waals surface area (Å²) in [6.45, 7) is 11.0. The third kappa shape index (κ3) is 5.96. The van der Waals surface area contributed by atoms with Crippen molar-refractivity contribution >= 4 is 17.5 Å². The van der Waals surface area contributed by atoms with Crippen LogP contribution in [-0.2, 0) is 17.9 Å². The molecule has 8 heteroatoms.